The molecule has 0 aromatic carbocycles. The highest BCUT2D eigenvalue weighted by Crippen LogP contribution is 2.09. The van der Waals surface area contributed by atoms with Gasteiger partial charge in [-0.15, -0.1) is 6.58 Å². The minimum Gasteiger partial charge on any atom is -0.335 e. The van der Waals surface area contributed by atoms with Crippen LogP contribution in [0, 0.1) is 4.77 Å². The molecule has 17 heavy (non-hydrogen) atoms. The number of nitrogens with zero attached hydrogens (tertiary/aromatic N) is 2. The fourth-order valence-electron chi connectivity index (χ4n) is 1.79. The van der Waals surface area contributed by atoms with Crippen molar-refractivity contribution in [1.29, 1.82) is 0 Å². The number of hydrogen-bond acceptors (Lipinski definition) is 3. The maximum Gasteiger partial charge on any atom is 0.214 e. The Morgan fingerprint density at radius 2 is 1.88 bits per heavy atom. The summed E-state index contributed by atoms with van der Waals surface area (Å²) in [6, 6.07) is 0. The normalized spacial score (nSPS) is 10.6. The van der Waals surface area contributed by atoms with Gasteiger partial charge in [-0.3, -0.25) is 5.10 Å². The van der Waals surface area contributed by atoms with Gasteiger partial charge in [0.2, 0.25) is 4.77 Å². The lowest BCUT2D eigenvalue weighted by Crippen LogP contribution is -2.12. The van der Waals surface area contributed by atoms with E-state index in [9.17, 15) is 0 Å². The molecule has 0 aliphatic carbocycles. The monoisotopic (exact) mass is 254 g/mol. The number of nitrogen functional groups attached to an aromatic ring is 1. The van der Waals surface area contributed by atoms with Crippen LogP contribution in [0.1, 0.15) is 50.8 Å². The minimum absolute atomic E-state index is 0.490. The summed E-state index contributed by atoms with van der Waals surface area (Å²) in [5.41, 5.74) is 0. The van der Waals surface area contributed by atoms with Crippen LogP contribution < -0.4 is 5.84 Å². The number of unbranched alkanes of at least 4 members (excludes halogenated alkanes) is 6. The Kier molecular flexibility index (Phi) is 6.62. The van der Waals surface area contributed by atoms with E-state index in [-0.39, 0.29) is 0 Å². The van der Waals surface area contributed by atoms with Crippen molar-refractivity contribution in [3.63, 3.8) is 0 Å². The van der Waals surface area contributed by atoms with E-state index >= 15 is 0 Å². The molecule has 0 radical (unpaired) electrons. The summed E-state index contributed by atoms with van der Waals surface area (Å²) in [6.45, 7) is 3.72. The van der Waals surface area contributed by atoms with Gasteiger partial charge in [0.15, 0.2) is 5.82 Å². The van der Waals surface area contributed by atoms with Crippen molar-refractivity contribution in [3.05, 3.63) is 23.3 Å². The summed E-state index contributed by atoms with van der Waals surface area (Å²) < 4.78 is 1.95. The van der Waals surface area contributed by atoms with Crippen LogP contribution in [0.2, 0.25) is 0 Å². The first-order valence-corrected chi connectivity index (χ1v) is 6.69. The van der Waals surface area contributed by atoms with Gasteiger partial charge >= 0.3 is 0 Å². The number of rotatable bonds is 9. The fraction of sp³-hybridized carbons (Fsp3) is 0.667. The Morgan fingerprint density at radius 3 is 2.47 bits per heavy atom. The van der Waals surface area contributed by atoms with Crippen molar-refractivity contribution in [2.45, 2.75) is 51.4 Å². The van der Waals surface area contributed by atoms with Crippen LogP contribution in [-0.2, 0) is 6.42 Å². The van der Waals surface area contributed by atoms with Gasteiger partial charge in [0.05, 0.1) is 0 Å². The number of aromatic nitrogens is 3. The van der Waals surface area contributed by atoms with E-state index in [1.54, 1.807) is 0 Å². The van der Waals surface area contributed by atoms with Crippen LogP contribution in [-0.4, -0.2) is 14.9 Å². The highest BCUT2D eigenvalue weighted by atomic mass is 32.1. The summed E-state index contributed by atoms with van der Waals surface area (Å²) in [5.74, 6) is 6.56. The average molecular weight is 254 g/mol. The number of nitrogens with one attached hydrogen (secondary N) is 1. The first-order chi connectivity index (χ1) is 8.25. The predicted octanol–water partition coefficient (Wildman–Crippen LogP) is 3.11. The molecule has 96 valence electrons. The highest BCUT2D eigenvalue weighted by molar-refractivity contribution is 7.71. The quantitative estimate of drug-likeness (QED) is 0.308. The second kappa shape index (κ2) is 8.06. The van der Waals surface area contributed by atoms with E-state index in [1.165, 1.54) is 36.8 Å². The standard InChI is InChI=1S/C12H22N4S/c1-2-3-4-5-6-7-8-9-10-11-14-15-12(17)16(11)13/h2H,1,3-10,13H2,(H,15,17). The van der Waals surface area contributed by atoms with Crippen LogP contribution in [0.4, 0.5) is 0 Å². The first-order valence-electron chi connectivity index (χ1n) is 6.28. The van der Waals surface area contributed by atoms with Crippen molar-refractivity contribution < 1.29 is 0 Å². The van der Waals surface area contributed by atoms with Crippen LogP contribution in [0.3, 0.4) is 0 Å². The Hall–Kier alpha value is -1.10. The molecule has 0 spiro atoms. The highest BCUT2D eigenvalue weighted by Gasteiger charge is 2.01. The summed E-state index contributed by atoms with van der Waals surface area (Å²) in [6.07, 6.45) is 11.6. The zero-order chi connectivity index (χ0) is 12.5. The molecule has 3 N–H and O–H groups in total. The van der Waals surface area contributed by atoms with Crippen molar-refractivity contribution in [3.8, 4) is 0 Å². The maximum absolute atomic E-state index is 5.71. The summed E-state index contributed by atoms with van der Waals surface area (Å²) in [4.78, 5) is 0. The molecule has 4 nitrogen and oxygen atoms in total. The second-order valence-corrected chi connectivity index (χ2v) is 4.65. The zero-order valence-corrected chi connectivity index (χ0v) is 11.1. The predicted molar refractivity (Wildman–Crippen MR) is 73.8 cm³/mol. The third kappa shape index (κ3) is 5.17. The topological polar surface area (TPSA) is 59.6 Å². The van der Waals surface area contributed by atoms with Crippen molar-refractivity contribution in [1.82, 2.24) is 14.9 Å². The lowest BCUT2D eigenvalue weighted by molar-refractivity contribution is 0.588. The first kappa shape index (κ1) is 14.0. The lowest BCUT2D eigenvalue weighted by atomic mass is 10.1. The molecule has 1 aromatic rings. The molecule has 0 fully saturated rings. The van der Waals surface area contributed by atoms with Gasteiger partial charge in [-0.2, -0.15) is 5.10 Å². The molecular weight excluding hydrogens is 232 g/mol. The van der Waals surface area contributed by atoms with E-state index in [2.05, 4.69) is 16.8 Å². The van der Waals surface area contributed by atoms with E-state index in [4.69, 9.17) is 18.1 Å². The largest absolute Gasteiger partial charge is 0.335 e. The number of H-pyrrole nitrogens is 1. The summed E-state index contributed by atoms with van der Waals surface area (Å²) in [7, 11) is 0. The van der Waals surface area contributed by atoms with Gasteiger partial charge in [-0.1, -0.05) is 31.8 Å². The Morgan fingerprint density at radius 1 is 1.24 bits per heavy atom. The Balaban J connectivity index is 2.03. The molecule has 0 saturated heterocycles. The molecule has 1 heterocycles. The van der Waals surface area contributed by atoms with Crippen LogP contribution >= 0.6 is 12.2 Å². The van der Waals surface area contributed by atoms with Crippen molar-refractivity contribution in [2.24, 2.45) is 0 Å². The van der Waals surface area contributed by atoms with Gasteiger partial charge < -0.3 is 5.84 Å². The smallest absolute Gasteiger partial charge is 0.214 e. The van der Waals surface area contributed by atoms with Crippen molar-refractivity contribution >= 4 is 12.2 Å². The van der Waals surface area contributed by atoms with E-state index < -0.39 is 0 Å². The van der Waals surface area contributed by atoms with Gasteiger partial charge in [0.1, 0.15) is 0 Å². The van der Waals surface area contributed by atoms with Gasteiger partial charge in [0.25, 0.3) is 0 Å². The molecule has 0 aliphatic rings. The van der Waals surface area contributed by atoms with Gasteiger partial charge in [-0.05, 0) is 31.5 Å². The number of nitrogens with two attached hydrogens (primary N) is 1. The number of aryl methyl sites for hydroxylation is 1. The summed E-state index contributed by atoms with van der Waals surface area (Å²) >= 11 is 4.95. The molecule has 1 rings (SSSR count). The number of hydrogen-bond donors (Lipinski definition) is 2. The van der Waals surface area contributed by atoms with E-state index in [1.807, 2.05) is 6.08 Å². The molecule has 0 aliphatic heterocycles. The van der Waals surface area contributed by atoms with Crippen LogP contribution in [0.25, 0.3) is 0 Å². The molecule has 1 aromatic heterocycles. The van der Waals surface area contributed by atoms with Gasteiger partial charge in [-0.25, -0.2) is 4.68 Å². The molecule has 0 bridgehead atoms. The van der Waals surface area contributed by atoms with E-state index in [0.717, 1.165) is 25.1 Å². The Labute approximate surface area is 108 Å². The zero-order valence-electron chi connectivity index (χ0n) is 10.3. The summed E-state index contributed by atoms with van der Waals surface area (Å²) in [5, 5.41) is 6.78. The lowest BCUT2D eigenvalue weighted by Gasteiger charge is -2.01. The second-order valence-electron chi connectivity index (χ2n) is 4.26. The third-order valence-electron chi connectivity index (χ3n) is 2.84. The third-order valence-corrected chi connectivity index (χ3v) is 3.12. The van der Waals surface area contributed by atoms with Crippen molar-refractivity contribution in [2.75, 3.05) is 5.84 Å². The number of allylic oxidation sites excluding steroid dienone is 1. The fourth-order valence-corrected chi connectivity index (χ4v) is 1.94. The average Bonchev–Trinajstić information content (AvgIpc) is 2.64. The molecule has 0 unspecified atom stereocenters. The number of aromatic amines is 1. The van der Waals surface area contributed by atoms with Crippen LogP contribution in [0.5, 0.6) is 0 Å². The molecule has 0 atom stereocenters. The maximum atomic E-state index is 5.71. The minimum atomic E-state index is 0.490. The molecule has 5 heteroatoms. The Bertz CT molecular complexity index is 380. The SMILES string of the molecule is C=CCCCCCCCCc1n[nH]c(=S)n1N. The molecule has 0 saturated carbocycles. The van der Waals surface area contributed by atoms with Gasteiger partial charge in [0, 0.05) is 6.42 Å². The molecular formula is C12H22N4S. The van der Waals surface area contributed by atoms with Crippen LogP contribution in [0.15, 0.2) is 12.7 Å². The molecule has 0 amide bonds. The van der Waals surface area contributed by atoms with E-state index in [0.29, 0.717) is 4.77 Å².